The monoisotopic (exact) mass is 448 g/mol. The van der Waals surface area contributed by atoms with Crippen molar-refractivity contribution >= 4 is 29.0 Å². The summed E-state index contributed by atoms with van der Waals surface area (Å²) in [6, 6.07) is 14.2. The molecule has 0 saturated carbocycles. The topological polar surface area (TPSA) is 87.2 Å². The fourth-order valence-electron chi connectivity index (χ4n) is 4.83. The molecule has 172 valence electrons. The van der Waals surface area contributed by atoms with Gasteiger partial charge < -0.3 is 19.6 Å². The van der Waals surface area contributed by atoms with Crippen LogP contribution in [0, 0.1) is 6.92 Å². The van der Waals surface area contributed by atoms with Crippen molar-refractivity contribution in [1.82, 2.24) is 4.90 Å². The van der Waals surface area contributed by atoms with Crippen molar-refractivity contribution in [1.29, 1.82) is 0 Å². The van der Waals surface area contributed by atoms with E-state index in [1.165, 1.54) is 4.90 Å². The summed E-state index contributed by atoms with van der Waals surface area (Å²) in [5, 5.41) is 11.4. The molecule has 0 bridgehead atoms. The number of aryl methyl sites for hydroxylation is 1. The fraction of sp³-hybridized carbons (Fsp3) is 0.346. The maximum Gasteiger partial charge on any atom is 0.296 e. The Balaban J connectivity index is 2.01. The highest BCUT2D eigenvalue weighted by molar-refractivity contribution is 6.50. The lowest BCUT2D eigenvalue weighted by molar-refractivity contribution is -0.143. The first-order valence-corrected chi connectivity index (χ1v) is 11.2. The van der Waals surface area contributed by atoms with E-state index in [9.17, 15) is 19.5 Å². The molecule has 0 aromatic heterocycles. The molecule has 1 spiro atoms. The summed E-state index contributed by atoms with van der Waals surface area (Å²) in [6.45, 7) is 4.82. The number of likely N-dealkylation sites (tertiary alicyclic amines) is 1. The average molecular weight is 449 g/mol. The van der Waals surface area contributed by atoms with Gasteiger partial charge in [-0.25, -0.2) is 0 Å². The molecular weight excluding hydrogens is 420 g/mol. The van der Waals surface area contributed by atoms with Gasteiger partial charge >= 0.3 is 0 Å². The van der Waals surface area contributed by atoms with Crippen molar-refractivity contribution < 1.29 is 24.2 Å². The molecule has 2 aromatic rings. The van der Waals surface area contributed by atoms with Crippen molar-refractivity contribution in [2.75, 3.05) is 31.7 Å². The second-order valence-electron chi connectivity index (χ2n) is 8.41. The normalized spacial score (nSPS) is 21.4. The van der Waals surface area contributed by atoms with Crippen LogP contribution in [0.15, 0.2) is 54.1 Å². The van der Waals surface area contributed by atoms with Crippen LogP contribution in [0.5, 0.6) is 0 Å². The molecule has 7 nitrogen and oxygen atoms in total. The van der Waals surface area contributed by atoms with Crippen LogP contribution in [0.4, 0.5) is 5.69 Å². The lowest BCUT2D eigenvalue weighted by Crippen LogP contribution is -2.52. The van der Waals surface area contributed by atoms with Crippen LogP contribution in [0.25, 0.3) is 5.76 Å². The Hall–Kier alpha value is -3.45. The van der Waals surface area contributed by atoms with E-state index < -0.39 is 23.1 Å². The van der Waals surface area contributed by atoms with Gasteiger partial charge in [-0.05, 0) is 25.8 Å². The summed E-state index contributed by atoms with van der Waals surface area (Å²) >= 11 is 0. The fourth-order valence-corrected chi connectivity index (χ4v) is 4.83. The third-order valence-electron chi connectivity index (χ3n) is 6.31. The number of carbonyl (C=O) groups is 3. The van der Waals surface area contributed by atoms with E-state index in [1.54, 1.807) is 36.3 Å². The maximum atomic E-state index is 14.1. The lowest BCUT2D eigenvalue weighted by atomic mass is 9.81. The number of anilines is 1. The Kier molecular flexibility index (Phi) is 6.08. The van der Waals surface area contributed by atoms with Crippen LogP contribution in [0.2, 0.25) is 0 Å². The van der Waals surface area contributed by atoms with Crippen molar-refractivity contribution in [3.05, 3.63) is 70.8 Å². The number of amides is 2. The van der Waals surface area contributed by atoms with Gasteiger partial charge in [0.1, 0.15) is 5.76 Å². The molecule has 1 saturated heterocycles. The first-order valence-electron chi connectivity index (χ1n) is 11.2. The number of carbonyl (C=O) groups excluding carboxylic acids is 3. The summed E-state index contributed by atoms with van der Waals surface area (Å²) in [5.74, 6) is -2.38. The van der Waals surface area contributed by atoms with Gasteiger partial charge in [0.2, 0.25) is 0 Å². The number of ketones is 1. The highest BCUT2D eigenvalue weighted by Crippen LogP contribution is 2.53. The summed E-state index contributed by atoms with van der Waals surface area (Å²) < 4.78 is 5.15. The highest BCUT2D eigenvalue weighted by atomic mass is 16.5. The van der Waals surface area contributed by atoms with Crippen LogP contribution in [0.3, 0.4) is 0 Å². The maximum absolute atomic E-state index is 14.1. The number of hydrogen-bond acceptors (Lipinski definition) is 5. The number of aliphatic hydroxyl groups excluding tert-OH is 1. The van der Waals surface area contributed by atoms with Crippen LogP contribution in [-0.2, 0) is 24.7 Å². The van der Waals surface area contributed by atoms with E-state index in [0.717, 1.165) is 5.56 Å². The van der Waals surface area contributed by atoms with Crippen molar-refractivity contribution in [3.8, 4) is 0 Å². The molecule has 1 N–H and O–H groups in total. The molecule has 1 atom stereocenters. The second kappa shape index (κ2) is 8.83. The minimum absolute atomic E-state index is 0.142. The Morgan fingerprint density at radius 1 is 1.03 bits per heavy atom. The summed E-state index contributed by atoms with van der Waals surface area (Å²) in [7, 11) is 1.56. The number of aliphatic hydroxyl groups is 1. The first kappa shape index (κ1) is 22.7. The van der Waals surface area contributed by atoms with E-state index in [2.05, 4.69) is 0 Å². The van der Waals surface area contributed by atoms with Gasteiger partial charge in [0.15, 0.2) is 5.54 Å². The van der Waals surface area contributed by atoms with Crippen LogP contribution in [-0.4, -0.2) is 54.4 Å². The van der Waals surface area contributed by atoms with E-state index in [1.807, 2.05) is 38.1 Å². The van der Waals surface area contributed by atoms with Gasteiger partial charge in [-0.3, -0.25) is 14.4 Å². The van der Waals surface area contributed by atoms with Crippen LogP contribution >= 0.6 is 0 Å². The van der Waals surface area contributed by atoms with Crippen molar-refractivity contribution in [2.24, 2.45) is 0 Å². The highest BCUT2D eigenvalue weighted by Gasteiger charge is 2.66. The largest absolute Gasteiger partial charge is 0.507 e. The van der Waals surface area contributed by atoms with Crippen LogP contribution in [0.1, 0.15) is 36.5 Å². The number of para-hydroxylation sites is 1. The lowest BCUT2D eigenvalue weighted by Gasteiger charge is -2.34. The van der Waals surface area contributed by atoms with Gasteiger partial charge in [-0.2, -0.15) is 0 Å². The van der Waals surface area contributed by atoms with Gasteiger partial charge in [0.25, 0.3) is 17.6 Å². The minimum Gasteiger partial charge on any atom is -0.507 e. The number of benzene rings is 2. The number of methoxy groups -OCH3 is 1. The Morgan fingerprint density at radius 3 is 2.39 bits per heavy atom. The summed E-state index contributed by atoms with van der Waals surface area (Å²) in [4.78, 5) is 43.8. The number of Topliss-reactive ketones (excluding diaryl/α,β-unsaturated/α-hetero) is 1. The van der Waals surface area contributed by atoms with E-state index in [4.69, 9.17) is 4.74 Å². The zero-order valence-corrected chi connectivity index (χ0v) is 19.1. The third-order valence-corrected chi connectivity index (χ3v) is 6.31. The number of fused-ring (bicyclic) bond motifs is 2. The minimum atomic E-state index is -1.71. The van der Waals surface area contributed by atoms with Crippen molar-refractivity contribution in [3.63, 3.8) is 0 Å². The Bertz CT molecular complexity index is 1140. The quantitative estimate of drug-likeness (QED) is 0.304. The second-order valence-corrected chi connectivity index (χ2v) is 8.41. The number of nitrogens with zero attached hydrogens (tertiary/aromatic N) is 2. The molecule has 0 aliphatic carbocycles. The molecule has 33 heavy (non-hydrogen) atoms. The number of ether oxygens (including phenoxy) is 1. The molecule has 2 aliphatic rings. The van der Waals surface area contributed by atoms with Gasteiger partial charge in [0, 0.05) is 37.9 Å². The van der Waals surface area contributed by atoms with E-state index in [0.29, 0.717) is 42.8 Å². The van der Waals surface area contributed by atoms with Crippen LogP contribution < -0.4 is 4.90 Å². The zero-order valence-electron chi connectivity index (χ0n) is 19.1. The molecule has 7 heteroatoms. The van der Waals surface area contributed by atoms with Gasteiger partial charge in [-0.15, -0.1) is 0 Å². The molecule has 0 radical (unpaired) electrons. The SMILES string of the molecule is CCCN1C(=O)[C@@]2(C(=C(O)c3ccc(C)cc3)C(=O)C(=O)N2CCCOC)c2ccccc21. The smallest absolute Gasteiger partial charge is 0.296 e. The van der Waals surface area contributed by atoms with Gasteiger partial charge in [-0.1, -0.05) is 55.0 Å². The van der Waals surface area contributed by atoms with E-state index >= 15 is 0 Å². The summed E-state index contributed by atoms with van der Waals surface area (Å²) in [5.41, 5.74) is 0.672. The number of hydrogen-bond donors (Lipinski definition) is 1. The standard InChI is InChI=1S/C26H28N2O5/c1-4-14-27-20-9-6-5-8-19(20)26(25(27)32)21(22(29)18-12-10-17(2)11-13-18)23(30)24(31)28(26)15-7-16-33-3/h5-6,8-13,29H,4,7,14-16H2,1-3H3/t26-/m0/s1. The molecule has 2 amide bonds. The molecule has 2 aliphatic heterocycles. The molecule has 0 unspecified atom stereocenters. The Labute approximate surface area is 193 Å². The zero-order chi connectivity index (χ0) is 23.8. The van der Waals surface area contributed by atoms with Crippen molar-refractivity contribution in [2.45, 2.75) is 32.2 Å². The summed E-state index contributed by atoms with van der Waals surface area (Å²) in [6.07, 6.45) is 1.14. The molecule has 2 heterocycles. The van der Waals surface area contributed by atoms with Gasteiger partial charge in [0.05, 0.1) is 11.3 Å². The molecule has 2 aromatic carbocycles. The first-order chi connectivity index (χ1) is 15.9. The molecular formula is C26H28N2O5. The number of rotatable bonds is 7. The van der Waals surface area contributed by atoms with E-state index in [-0.39, 0.29) is 17.9 Å². The predicted molar refractivity (Wildman–Crippen MR) is 125 cm³/mol. The third kappa shape index (κ3) is 3.35. The molecule has 4 rings (SSSR count). The average Bonchev–Trinajstić information content (AvgIpc) is 3.19. The molecule has 1 fully saturated rings. The predicted octanol–water partition coefficient (Wildman–Crippen LogP) is 3.36. The Morgan fingerprint density at radius 2 is 1.73 bits per heavy atom.